The molecule has 4 heterocycles. The summed E-state index contributed by atoms with van der Waals surface area (Å²) in [7, 11) is 8.60. The third-order valence-electron chi connectivity index (χ3n) is 18.0. The molecule has 0 radical (unpaired) electrons. The lowest BCUT2D eigenvalue weighted by Crippen LogP contribution is -2.61. The van der Waals surface area contributed by atoms with Crippen LogP contribution in [0, 0.1) is 17.8 Å². The largest absolute Gasteiger partial charge is 0.459 e. The van der Waals surface area contributed by atoms with Gasteiger partial charge in [0.2, 0.25) is 5.43 Å². The van der Waals surface area contributed by atoms with E-state index in [0.717, 1.165) is 12.8 Å². The lowest BCUT2D eigenvalue weighted by atomic mass is 9.77. The summed E-state index contributed by atoms with van der Waals surface area (Å²) in [6.45, 7) is 20.0. The third kappa shape index (κ3) is 18.1. The van der Waals surface area contributed by atoms with E-state index in [9.17, 15) is 39.3 Å². The third-order valence-corrected chi connectivity index (χ3v) is 18.3. The van der Waals surface area contributed by atoms with Gasteiger partial charge in [0.05, 0.1) is 91.1 Å². The van der Waals surface area contributed by atoms with Crippen LogP contribution in [0.2, 0.25) is 5.02 Å². The van der Waals surface area contributed by atoms with Crippen molar-refractivity contribution in [1.82, 2.24) is 14.4 Å². The van der Waals surface area contributed by atoms with Crippen molar-refractivity contribution in [3.05, 3.63) is 39.1 Å². The van der Waals surface area contributed by atoms with E-state index in [1.54, 1.807) is 67.5 Å². The highest BCUT2D eigenvalue weighted by Gasteiger charge is 2.54. The van der Waals surface area contributed by atoms with Gasteiger partial charge in [0, 0.05) is 69.7 Å². The molecule has 0 amide bonds. The molecule has 6 rings (SSSR count). The summed E-state index contributed by atoms with van der Waals surface area (Å²) in [6.07, 6.45) is -6.20. The molecule has 4 N–H and O–H groups in total. The molecular weight excluding hydrogens is 1170 g/mol. The molecule has 1 aromatic carbocycles. The lowest BCUT2D eigenvalue weighted by molar-refractivity contribution is -0.319. The van der Waals surface area contributed by atoms with E-state index in [2.05, 4.69) is 5.32 Å². The lowest BCUT2D eigenvalue weighted by Gasteiger charge is -2.49. The molecule has 500 valence electrons. The Bertz CT molecular complexity index is 2690. The predicted octanol–water partition coefficient (Wildman–Crippen LogP) is 6.01. The second-order valence-electron chi connectivity index (χ2n) is 25.5. The summed E-state index contributed by atoms with van der Waals surface area (Å²) in [6, 6.07) is 2.45. The maximum absolute atomic E-state index is 14.8. The predicted molar refractivity (Wildman–Crippen MR) is 326 cm³/mol. The van der Waals surface area contributed by atoms with Crippen LogP contribution in [0.5, 0.6) is 0 Å². The van der Waals surface area contributed by atoms with Gasteiger partial charge in [-0.1, -0.05) is 39.3 Å². The smallest absolute Gasteiger partial charge is 0.345 e. The first-order chi connectivity index (χ1) is 41.4. The minimum atomic E-state index is -1.90. The number of pyridine rings is 1. The fourth-order valence-electron chi connectivity index (χ4n) is 12.7. The molecule has 1 saturated carbocycles. The summed E-state index contributed by atoms with van der Waals surface area (Å²) in [5.74, 6) is -4.91. The van der Waals surface area contributed by atoms with E-state index in [0.29, 0.717) is 35.8 Å². The van der Waals surface area contributed by atoms with Crippen LogP contribution in [0.1, 0.15) is 144 Å². The number of benzene rings is 1. The summed E-state index contributed by atoms with van der Waals surface area (Å²) in [5.41, 5.74) is -4.42. The Morgan fingerprint density at radius 1 is 0.875 bits per heavy atom. The van der Waals surface area contributed by atoms with Crippen molar-refractivity contribution in [2.45, 2.75) is 224 Å². The second kappa shape index (κ2) is 31.9. The van der Waals surface area contributed by atoms with Gasteiger partial charge < -0.3 is 91.8 Å². The molecule has 0 bridgehead atoms. The minimum Gasteiger partial charge on any atom is -0.459 e. The normalized spacial score (nSPS) is 34.8. The number of hydrogen-bond acceptors (Lipinski definition) is 23. The SMILES string of the molecule is CCC(=O)O[C@H]1C(O[C@@H]2[C@@H](C)[C@H](OC3C[C@](C)(OC)[C@@H](OC(=O)CCOCCNc4cc5c(=O)c(C(=O)OCOCCOC)cn(C6CC6)c5cc4Cl)[C@H](C)O3)[C@@H](C)C(=O)O[C@H](CC)[C@@](C)(O)[C@H](O)[C@@H](C)N(C)C[C@H](C)C[C@@]2(C)O)O[C@H](C)C[C@@H]1N(C)C. The first kappa shape index (κ1) is 72.9. The number of aliphatic hydroxyl groups excluding tert-OH is 1. The van der Waals surface area contributed by atoms with Crippen molar-refractivity contribution in [2.75, 3.05) is 87.0 Å². The zero-order valence-corrected chi connectivity index (χ0v) is 55.3. The Morgan fingerprint density at radius 3 is 2.22 bits per heavy atom. The molecule has 24 nitrogen and oxygen atoms in total. The topological polar surface area (TPSA) is 280 Å². The van der Waals surface area contributed by atoms with Gasteiger partial charge in [0.1, 0.15) is 29.0 Å². The highest BCUT2D eigenvalue weighted by molar-refractivity contribution is 6.34. The number of methoxy groups -OCH3 is 2. The standard InChI is InChI=1S/C63H101ClN4O20/c1-17-48-63(11,76)55(72)39(7)67(14)32-35(3)30-61(9,75)56(88-60-54(85-49(69)18-2)47(66(12)13)27-36(4)82-60)37(5)53(38(6)58(73)84-48)87-51-31-62(10,78-16)57(40(8)83-51)86-50(70)21-23-79-24-22-65-45-28-42-46(29-44(45)64)68(41-19-20-41)33-43(52(42)71)59(74)81-34-80-26-25-77-15/h28-29,33,35-41,47-48,51,53-57,60,65,72,75-76H,17-27,30-32,34H2,1-16H3/t35-,36-,37+,38-,39-,40+,47+,48-,51?,53+,54-,55-,56-,57+,60?,61-,62+,63-/m1/s1. The van der Waals surface area contributed by atoms with Crippen LogP contribution in [0.4, 0.5) is 5.69 Å². The fourth-order valence-corrected chi connectivity index (χ4v) is 12.9. The van der Waals surface area contributed by atoms with E-state index < -0.39 is 119 Å². The number of ether oxygens (including phenoxy) is 12. The molecule has 2 unspecified atom stereocenters. The molecule has 88 heavy (non-hydrogen) atoms. The first-order valence-electron chi connectivity index (χ1n) is 31.1. The van der Waals surface area contributed by atoms with Gasteiger partial charge in [-0.2, -0.15) is 0 Å². The van der Waals surface area contributed by atoms with Gasteiger partial charge in [-0.25, -0.2) is 4.79 Å². The summed E-state index contributed by atoms with van der Waals surface area (Å²) in [5, 5.41) is 40.6. The highest BCUT2D eigenvalue weighted by atomic mass is 35.5. The maximum Gasteiger partial charge on any atom is 0.345 e. The number of esters is 4. The number of nitrogens with one attached hydrogen (secondary N) is 1. The number of rotatable bonds is 24. The molecular formula is C63H101ClN4O20. The van der Waals surface area contributed by atoms with Crippen molar-refractivity contribution in [3.63, 3.8) is 0 Å². The van der Waals surface area contributed by atoms with E-state index >= 15 is 0 Å². The zero-order chi connectivity index (χ0) is 65.2. The van der Waals surface area contributed by atoms with Crippen LogP contribution >= 0.6 is 11.6 Å². The summed E-state index contributed by atoms with van der Waals surface area (Å²) >= 11 is 6.74. The van der Waals surface area contributed by atoms with Crippen LogP contribution < -0.4 is 10.7 Å². The minimum absolute atomic E-state index is 0.00909. The average molecular weight is 1270 g/mol. The maximum atomic E-state index is 14.8. The number of likely N-dealkylation sites (N-methyl/N-ethyl adjacent to an activating group) is 2. The molecule has 1 aliphatic carbocycles. The number of aromatic nitrogens is 1. The molecule has 2 aromatic rings. The average Bonchev–Trinajstić information content (AvgIpc) is 2.61. The van der Waals surface area contributed by atoms with Gasteiger partial charge in [-0.3, -0.25) is 19.2 Å². The first-order valence-corrected chi connectivity index (χ1v) is 31.5. The molecule has 0 spiro atoms. The summed E-state index contributed by atoms with van der Waals surface area (Å²) in [4.78, 5) is 72.1. The molecule has 25 heteroatoms. The number of carbonyl (C=O) groups is 4. The summed E-state index contributed by atoms with van der Waals surface area (Å²) < 4.78 is 74.8. The molecule has 3 saturated heterocycles. The van der Waals surface area contributed by atoms with Crippen LogP contribution in [0.3, 0.4) is 0 Å². The van der Waals surface area contributed by atoms with Crippen molar-refractivity contribution >= 4 is 52.1 Å². The van der Waals surface area contributed by atoms with Gasteiger partial charge in [0.15, 0.2) is 31.6 Å². The number of hydrogen-bond donors (Lipinski definition) is 4. The Balaban J connectivity index is 1.18. The Morgan fingerprint density at radius 2 is 1.58 bits per heavy atom. The van der Waals surface area contributed by atoms with Gasteiger partial charge in [0.25, 0.3) is 0 Å². The molecule has 3 aliphatic heterocycles. The Hall–Kier alpha value is -4.12. The van der Waals surface area contributed by atoms with Gasteiger partial charge in [-0.15, -0.1) is 0 Å². The zero-order valence-electron chi connectivity index (χ0n) is 54.6. The number of anilines is 1. The molecule has 1 aromatic heterocycles. The number of fused-ring (bicyclic) bond motifs is 1. The van der Waals surface area contributed by atoms with Gasteiger partial charge >= 0.3 is 23.9 Å². The number of halogens is 1. The fraction of sp³-hybridized carbons (Fsp3) is 0.794. The number of cyclic esters (lactones) is 1. The Kier molecular flexibility index (Phi) is 26.5. The van der Waals surface area contributed by atoms with Crippen LogP contribution in [-0.4, -0.2) is 226 Å². The van der Waals surface area contributed by atoms with Crippen molar-refractivity contribution < 1.29 is 91.3 Å². The monoisotopic (exact) mass is 1270 g/mol. The van der Waals surface area contributed by atoms with E-state index in [1.807, 2.05) is 49.4 Å². The molecule has 18 atom stereocenters. The number of carbonyl (C=O) groups excluding carboxylic acids is 4. The van der Waals surface area contributed by atoms with Crippen LogP contribution in [-0.2, 0) is 71.2 Å². The van der Waals surface area contributed by atoms with Crippen LogP contribution in [0.25, 0.3) is 10.9 Å². The van der Waals surface area contributed by atoms with Gasteiger partial charge in [-0.05, 0) is 120 Å². The van der Waals surface area contributed by atoms with E-state index in [4.69, 9.17) is 68.4 Å². The molecule has 4 aliphatic rings. The van der Waals surface area contributed by atoms with Crippen molar-refractivity contribution in [1.29, 1.82) is 0 Å². The molecule has 4 fully saturated rings. The highest BCUT2D eigenvalue weighted by Crippen LogP contribution is 2.42. The van der Waals surface area contributed by atoms with Crippen LogP contribution in [0.15, 0.2) is 23.1 Å². The number of nitrogens with zero attached hydrogens (tertiary/aromatic N) is 3. The quantitative estimate of drug-likeness (QED) is 0.0405. The van der Waals surface area contributed by atoms with Crippen molar-refractivity contribution in [3.8, 4) is 0 Å². The second-order valence-corrected chi connectivity index (χ2v) is 26.0. The van der Waals surface area contributed by atoms with Crippen molar-refractivity contribution in [2.24, 2.45) is 17.8 Å². The number of aliphatic hydroxyl groups is 3. The Labute approximate surface area is 523 Å². The van der Waals surface area contributed by atoms with E-state index in [-0.39, 0.29) is 100 Å². The van der Waals surface area contributed by atoms with E-state index in [1.165, 1.54) is 27.3 Å².